The maximum atomic E-state index is 5.24. The number of nitrogens with one attached hydrogen (secondary N) is 2. The van der Waals surface area contributed by atoms with Crippen molar-refractivity contribution in [3.05, 3.63) is 11.9 Å². The number of hydrazine groups is 1. The van der Waals surface area contributed by atoms with Gasteiger partial charge in [0.1, 0.15) is 0 Å². The first kappa shape index (κ1) is 6.30. The average Bonchev–Trinajstić information content (AvgIpc) is 1.61. The molecule has 0 radical (unpaired) electrons. The van der Waals surface area contributed by atoms with Crippen molar-refractivity contribution in [3.8, 4) is 0 Å². The molecule has 42 valence electrons. The fraction of sp³-hybridized carbons (Fsp3) is 0.500. The average molecular weight is 101 g/mol. The Kier molecular flexibility index (Phi) is 3.14. The molecular formula is C4H11N3. The second-order valence-electron chi connectivity index (χ2n) is 1.28. The third kappa shape index (κ3) is 5.30. The minimum absolute atomic E-state index is 0.759. The lowest BCUT2D eigenvalue weighted by Crippen LogP contribution is -2.22. The van der Waals surface area contributed by atoms with E-state index in [4.69, 9.17) is 5.73 Å². The first-order valence-corrected chi connectivity index (χ1v) is 2.12. The van der Waals surface area contributed by atoms with Gasteiger partial charge in [0, 0.05) is 18.9 Å². The molecule has 0 aromatic carbocycles. The van der Waals surface area contributed by atoms with Crippen LogP contribution in [-0.4, -0.2) is 7.05 Å². The maximum absolute atomic E-state index is 5.24. The number of hydrogen-bond acceptors (Lipinski definition) is 3. The molecule has 0 heterocycles. The Morgan fingerprint density at radius 2 is 2.29 bits per heavy atom. The first-order valence-electron chi connectivity index (χ1n) is 2.12. The van der Waals surface area contributed by atoms with Gasteiger partial charge < -0.3 is 11.2 Å². The maximum Gasteiger partial charge on any atom is 0.0310 e. The first-order chi connectivity index (χ1) is 3.27. The van der Waals surface area contributed by atoms with Gasteiger partial charge in [-0.1, -0.05) is 0 Å². The highest BCUT2D eigenvalue weighted by molar-refractivity contribution is 4.87. The van der Waals surface area contributed by atoms with Gasteiger partial charge in [0.15, 0.2) is 0 Å². The molecule has 7 heavy (non-hydrogen) atoms. The molecule has 3 heteroatoms. The van der Waals surface area contributed by atoms with Gasteiger partial charge >= 0.3 is 0 Å². The summed E-state index contributed by atoms with van der Waals surface area (Å²) < 4.78 is 0. The van der Waals surface area contributed by atoms with Gasteiger partial charge in [-0.05, 0) is 6.92 Å². The predicted octanol–water partition coefficient (Wildman–Crippen LogP) is -0.470. The van der Waals surface area contributed by atoms with E-state index in [1.165, 1.54) is 0 Å². The number of rotatable bonds is 2. The summed E-state index contributed by atoms with van der Waals surface area (Å²) in [5, 5.41) is 0. The van der Waals surface area contributed by atoms with Crippen LogP contribution >= 0.6 is 0 Å². The zero-order valence-electron chi connectivity index (χ0n) is 4.65. The van der Waals surface area contributed by atoms with Crippen LogP contribution in [0.5, 0.6) is 0 Å². The second kappa shape index (κ2) is 3.49. The molecule has 0 amide bonds. The highest BCUT2D eigenvalue weighted by atomic mass is 15.3. The van der Waals surface area contributed by atoms with Crippen molar-refractivity contribution in [1.82, 2.24) is 10.9 Å². The topological polar surface area (TPSA) is 50.1 Å². The van der Waals surface area contributed by atoms with Gasteiger partial charge in [-0.25, -0.2) is 5.43 Å². The van der Waals surface area contributed by atoms with Gasteiger partial charge in [0.2, 0.25) is 0 Å². The molecule has 0 aliphatic rings. The highest BCUT2D eigenvalue weighted by Crippen LogP contribution is 1.68. The van der Waals surface area contributed by atoms with Crippen molar-refractivity contribution in [2.45, 2.75) is 6.92 Å². The summed E-state index contributed by atoms with van der Waals surface area (Å²) in [6, 6.07) is 0. The molecule has 3 nitrogen and oxygen atoms in total. The number of allylic oxidation sites excluding steroid dienone is 1. The summed E-state index contributed by atoms with van der Waals surface area (Å²) in [5.41, 5.74) is 11.4. The zero-order valence-corrected chi connectivity index (χ0v) is 4.65. The third-order valence-corrected chi connectivity index (χ3v) is 0.444. The van der Waals surface area contributed by atoms with Crippen LogP contribution in [0.2, 0.25) is 0 Å². The van der Waals surface area contributed by atoms with E-state index in [-0.39, 0.29) is 0 Å². The van der Waals surface area contributed by atoms with Crippen molar-refractivity contribution in [2.24, 2.45) is 5.73 Å². The Balaban J connectivity index is 3.08. The molecular weight excluding hydrogens is 90.1 g/mol. The SMILES string of the molecule is CNN/C=C(\C)N. The molecule has 0 rings (SSSR count). The fourth-order valence-electron chi connectivity index (χ4n) is 0.186. The Morgan fingerprint density at radius 1 is 1.71 bits per heavy atom. The molecule has 0 saturated heterocycles. The van der Waals surface area contributed by atoms with Gasteiger partial charge in [0.05, 0.1) is 0 Å². The molecule has 4 N–H and O–H groups in total. The van der Waals surface area contributed by atoms with E-state index in [0.717, 1.165) is 5.70 Å². The highest BCUT2D eigenvalue weighted by Gasteiger charge is 1.68. The molecule has 0 spiro atoms. The van der Waals surface area contributed by atoms with Crippen LogP contribution in [0.15, 0.2) is 11.9 Å². The molecule has 0 aromatic heterocycles. The summed E-state index contributed by atoms with van der Waals surface area (Å²) in [6.45, 7) is 1.81. The normalized spacial score (nSPS) is 11.4. The molecule has 0 bridgehead atoms. The smallest absolute Gasteiger partial charge is 0.0310 e. The molecule has 0 aromatic rings. The Hall–Kier alpha value is -0.700. The number of nitrogens with two attached hydrogens (primary N) is 1. The summed E-state index contributed by atoms with van der Waals surface area (Å²) in [7, 11) is 1.78. The lowest BCUT2D eigenvalue weighted by molar-refractivity contribution is 0.724. The minimum atomic E-state index is 0.759. The monoisotopic (exact) mass is 101 g/mol. The van der Waals surface area contributed by atoms with E-state index >= 15 is 0 Å². The van der Waals surface area contributed by atoms with Crippen molar-refractivity contribution < 1.29 is 0 Å². The van der Waals surface area contributed by atoms with Crippen LogP contribution in [0.1, 0.15) is 6.92 Å². The molecule has 0 saturated carbocycles. The minimum Gasteiger partial charge on any atom is -0.401 e. The third-order valence-electron chi connectivity index (χ3n) is 0.444. The van der Waals surface area contributed by atoms with Crippen molar-refractivity contribution in [3.63, 3.8) is 0 Å². The predicted molar refractivity (Wildman–Crippen MR) is 30.1 cm³/mol. The van der Waals surface area contributed by atoms with Gasteiger partial charge in [0.25, 0.3) is 0 Å². The van der Waals surface area contributed by atoms with Crippen LogP contribution in [0, 0.1) is 0 Å². The van der Waals surface area contributed by atoms with E-state index in [1.54, 1.807) is 13.2 Å². The summed E-state index contributed by atoms with van der Waals surface area (Å²) in [4.78, 5) is 0. The van der Waals surface area contributed by atoms with E-state index in [0.29, 0.717) is 0 Å². The van der Waals surface area contributed by atoms with E-state index < -0.39 is 0 Å². The standard InChI is InChI=1S/C4H11N3/c1-4(5)3-7-6-2/h3,6-7H,5H2,1-2H3/b4-3+. The molecule has 0 atom stereocenters. The Bertz CT molecular complexity index is 63.3. The van der Waals surface area contributed by atoms with Crippen LogP contribution in [-0.2, 0) is 0 Å². The van der Waals surface area contributed by atoms with Crippen LogP contribution in [0.4, 0.5) is 0 Å². The second-order valence-corrected chi connectivity index (χ2v) is 1.28. The van der Waals surface area contributed by atoms with E-state index in [9.17, 15) is 0 Å². The molecule has 0 unspecified atom stereocenters. The van der Waals surface area contributed by atoms with Crippen LogP contribution in [0.3, 0.4) is 0 Å². The van der Waals surface area contributed by atoms with Crippen molar-refractivity contribution in [2.75, 3.05) is 7.05 Å². The summed E-state index contributed by atoms with van der Waals surface area (Å²) >= 11 is 0. The molecule has 0 aliphatic heterocycles. The van der Waals surface area contributed by atoms with Crippen LogP contribution < -0.4 is 16.6 Å². The lowest BCUT2D eigenvalue weighted by Gasteiger charge is -1.93. The summed E-state index contributed by atoms with van der Waals surface area (Å²) in [6.07, 6.45) is 1.68. The Labute approximate surface area is 43.6 Å². The summed E-state index contributed by atoms with van der Waals surface area (Å²) in [5.74, 6) is 0. The van der Waals surface area contributed by atoms with Gasteiger partial charge in [-0.2, -0.15) is 0 Å². The van der Waals surface area contributed by atoms with Gasteiger partial charge in [-0.15, -0.1) is 0 Å². The van der Waals surface area contributed by atoms with Crippen molar-refractivity contribution in [1.29, 1.82) is 0 Å². The Morgan fingerprint density at radius 3 is 2.43 bits per heavy atom. The van der Waals surface area contributed by atoms with E-state index in [1.807, 2.05) is 6.92 Å². The fourth-order valence-corrected chi connectivity index (χ4v) is 0.186. The van der Waals surface area contributed by atoms with Gasteiger partial charge in [-0.3, -0.25) is 0 Å². The quantitative estimate of drug-likeness (QED) is 0.412. The zero-order chi connectivity index (χ0) is 5.70. The van der Waals surface area contributed by atoms with Crippen molar-refractivity contribution >= 4 is 0 Å². The molecule has 0 fully saturated rings. The number of hydrogen-bond donors (Lipinski definition) is 3. The lowest BCUT2D eigenvalue weighted by atomic mass is 10.6. The van der Waals surface area contributed by atoms with Crippen LogP contribution in [0.25, 0.3) is 0 Å². The largest absolute Gasteiger partial charge is 0.401 e. The molecule has 0 aliphatic carbocycles. The van der Waals surface area contributed by atoms with E-state index in [2.05, 4.69) is 10.9 Å².